The van der Waals surface area contributed by atoms with E-state index in [2.05, 4.69) is 23.8 Å². The Hall–Kier alpha value is -0.830. The van der Waals surface area contributed by atoms with Crippen molar-refractivity contribution < 1.29 is 0 Å². The van der Waals surface area contributed by atoms with Crippen LogP contribution in [0.4, 0.5) is 5.95 Å². The van der Waals surface area contributed by atoms with Crippen LogP contribution in [0.3, 0.4) is 0 Å². The first-order chi connectivity index (χ1) is 7.04. The van der Waals surface area contributed by atoms with Crippen molar-refractivity contribution in [2.24, 2.45) is 0 Å². The molecule has 15 heavy (non-hydrogen) atoms. The predicted molar refractivity (Wildman–Crippen MR) is 64.8 cm³/mol. The number of anilines is 1. The van der Waals surface area contributed by atoms with Gasteiger partial charge < -0.3 is 4.90 Å². The highest BCUT2D eigenvalue weighted by atomic mass is 35.5. The molecule has 0 amide bonds. The Morgan fingerprint density at radius 1 is 1.40 bits per heavy atom. The molecule has 0 saturated carbocycles. The van der Waals surface area contributed by atoms with Crippen LogP contribution >= 0.6 is 11.6 Å². The molecule has 0 saturated heterocycles. The Bertz CT molecular complexity index is 326. The van der Waals surface area contributed by atoms with Crippen LogP contribution in [0.15, 0.2) is 6.07 Å². The first-order valence-corrected chi connectivity index (χ1v) is 5.70. The second-order valence-electron chi connectivity index (χ2n) is 4.00. The molecule has 0 atom stereocenters. The van der Waals surface area contributed by atoms with E-state index in [1.165, 1.54) is 0 Å². The molecule has 0 aliphatic heterocycles. The summed E-state index contributed by atoms with van der Waals surface area (Å²) in [7, 11) is 1.96. The molecular formula is C11H18ClN3. The van der Waals surface area contributed by atoms with Gasteiger partial charge in [0.05, 0.1) is 0 Å². The van der Waals surface area contributed by atoms with Crippen molar-refractivity contribution in [2.45, 2.75) is 26.7 Å². The zero-order valence-electron chi connectivity index (χ0n) is 9.79. The Labute approximate surface area is 96.5 Å². The van der Waals surface area contributed by atoms with E-state index in [1.54, 1.807) is 0 Å². The lowest BCUT2D eigenvalue weighted by Gasteiger charge is -2.17. The van der Waals surface area contributed by atoms with Crippen LogP contribution in [0.2, 0.25) is 0 Å². The molecule has 0 radical (unpaired) electrons. The number of aryl methyl sites for hydroxylation is 1. The number of hydrogen-bond acceptors (Lipinski definition) is 3. The minimum atomic E-state index is 0.426. The number of aromatic nitrogens is 2. The van der Waals surface area contributed by atoms with Crippen molar-refractivity contribution in [3.05, 3.63) is 17.5 Å². The number of alkyl halides is 1. The third kappa shape index (κ3) is 3.34. The summed E-state index contributed by atoms with van der Waals surface area (Å²) < 4.78 is 0. The molecule has 1 heterocycles. The van der Waals surface area contributed by atoms with E-state index in [1.807, 2.05) is 24.9 Å². The summed E-state index contributed by atoms with van der Waals surface area (Å²) in [6.45, 7) is 7.02. The van der Waals surface area contributed by atoms with Crippen LogP contribution in [-0.4, -0.2) is 29.4 Å². The lowest BCUT2D eigenvalue weighted by Crippen LogP contribution is -2.22. The highest BCUT2D eigenvalue weighted by Gasteiger charge is 2.08. The minimum Gasteiger partial charge on any atom is -0.343 e. The van der Waals surface area contributed by atoms with Gasteiger partial charge in [0.25, 0.3) is 0 Å². The number of nitrogens with zero attached hydrogens (tertiary/aromatic N) is 3. The van der Waals surface area contributed by atoms with Gasteiger partial charge in [-0.1, -0.05) is 13.8 Å². The maximum absolute atomic E-state index is 5.69. The van der Waals surface area contributed by atoms with Gasteiger partial charge in [0.1, 0.15) is 0 Å². The zero-order chi connectivity index (χ0) is 11.4. The standard InChI is InChI=1S/C11H18ClN3/c1-8(2)10-7-9(3)13-11(14-10)15(4)6-5-12/h7-8H,5-6H2,1-4H3. The Kier molecular flexibility index (Phi) is 4.33. The number of rotatable bonds is 4. The summed E-state index contributed by atoms with van der Waals surface area (Å²) >= 11 is 5.69. The summed E-state index contributed by atoms with van der Waals surface area (Å²) in [6.07, 6.45) is 0. The van der Waals surface area contributed by atoms with Crippen molar-refractivity contribution in [3.8, 4) is 0 Å². The first-order valence-electron chi connectivity index (χ1n) is 5.17. The van der Waals surface area contributed by atoms with E-state index >= 15 is 0 Å². The largest absolute Gasteiger partial charge is 0.343 e. The van der Waals surface area contributed by atoms with Gasteiger partial charge in [0, 0.05) is 30.9 Å². The summed E-state index contributed by atoms with van der Waals surface area (Å²) in [5, 5.41) is 0. The normalized spacial score (nSPS) is 10.8. The van der Waals surface area contributed by atoms with Crippen molar-refractivity contribution in [1.82, 2.24) is 9.97 Å². The number of hydrogen-bond donors (Lipinski definition) is 0. The lowest BCUT2D eigenvalue weighted by molar-refractivity contribution is 0.791. The molecule has 84 valence electrons. The molecule has 0 aliphatic rings. The third-order valence-corrected chi connectivity index (χ3v) is 2.38. The second-order valence-corrected chi connectivity index (χ2v) is 4.38. The monoisotopic (exact) mass is 227 g/mol. The van der Waals surface area contributed by atoms with Crippen molar-refractivity contribution >= 4 is 17.5 Å². The maximum atomic E-state index is 5.69. The molecule has 3 nitrogen and oxygen atoms in total. The molecule has 1 rings (SSSR count). The van der Waals surface area contributed by atoms with Crippen LogP contribution in [0.1, 0.15) is 31.2 Å². The third-order valence-electron chi connectivity index (χ3n) is 2.22. The summed E-state index contributed by atoms with van der Waals surface area (Å²) in [5.41, 5.74) is 2.09. The van der Waals surface area contributed by atoms with E-state index in [0.29, 0.717) is 11.8 Å². The minimum absolute atomic E-state index is 0.426. The summed E-state index contributed by atoms with van der Waals surface area (Å²) in [5.74, 6) is 1.78. The van der Waals surface area contributed by atoms with E-state index in [-0.39, 0.29) is 0 Å². The molecule has 0 aliphatic carbocycles. The fourth-order valence-electron chi connectivity index (χ4n) is 1.27. The average Bonchev–Trinajstić information content (AvgIpc) is 2.17. The Morgan fingerprint density at radius 2 is 2.07 bits per heavy atom. The van der Waals surface area contributed by atoms with Crippen LogP contribution in [0, 0.1) is 6.92 Å². The van der Waals surface area contributed by atoms with E-state index in [9.17, 15) is 0 Å². The quantitative estimate of drug-likeness (QED) is 0.741. The van der Waals surface area contributed by atoms with Crippen molar-refractivity contribution in [3.63, 3.8) is 0 Å². The van der Waals surface area contributed by atoms with Gasteiger partial charge >= 0.3 is 0 Å². The van der Waals surface area contributed by atoms with Gasteiger partial charge in [-0.05, 0) is 18.9 Å². The highest BCUT2D eigenvalue weighted by Crippen LogP contribution is 2.15. The maximum Gasteiger partial charge on any atom is 0.225 e. The van der Waals surface area contributed by atoms with E-state index in [0.717, 1.165) is 23.9 Å². The highest BCUT2D eigenvalue weighted by molar-refractivity contribution is 6.18. The molecule has 0 N–H and O–H groups in total. The molecule has 4 heteroatoms. The van der Waals surface area contributed by atoms with Crippen molar-refractivity contribution in [1.29, 1.82) is 0 Å². The summed E-state index contributed by atoms with van der Waals surface area (Å²) in [4.78, 5) is 10.9. The van der Waals surface area contributed by atoms with E-state index < -0.39 is 0 Å². The first kappa shape index (κ1) is 12.2. The molecule has 0 aromatic carbocycles. The van der Waals surface area contributed by atoms with Crippen LogP contribution in [0.25, 0.3) is 0 Å². The topological polar surface area (TPSA) is 29.0 Å². The fourth-order valence-corrected chi connectivity index (χ4v) is 1.52. The summed E-state index contributed by atoms with van der Waals surface area (Å²) in [6, 6.07) is 2.03. The molecule has 0 unspecified atom stereocenters. The Balaban J connectivity index is 2.98. The Morgan fingerprint density at radius 3 is 2.60 bits per heavy atom. The predicted octanol–water partition coefficient (Wildman–Crippen LogP) is 2.58. The van der Waals surface area contributed by atoms with Crippen molar-refractivity contribution in [2.75, 3.05) is 24.4 Å². The van der Waals surface area contributed by atoms with Crippen LogP contribution in [-0.2, 0) is 0 Å². The van der Waals surface area contributed by atoms with Gasteiger partial charge in [0.2, 0.25) is 5.95 Å². The second kappa shape index (κ2) is 5.31. The van der Waals surface area contributed by atoms with Gasteiger partial charge in [-0.3, -0.25) is 0 Å². The molecule has 0 fully saturated rings. The van der Waals surface area contributed by atoms with Gasteiger partial charge in [-0.25, -0.2) is 9.97 Å². The van der Waals surface area contributed by atoms with Gasteiger partial charge in [-0.2, -0.15) is 0 Å². The molecular weight excluding hydrogens is 210 g/mol. The van der Waals surface area contributed by atoms with Gasteiger partial charge in [0.15, 0.2) is 0 Å². The zero-order valence-corrected chi connectivity index (χ0v) is 10.5. The molecule has 0 bridgehead atoms. The molecule has 1 aromatic heterocycles. The molecule has 0 spiro atoms. The SMILES string of the molecule is Cc1cc(C(C)C)nc(N(C)CCCl)n1. The fraction of sp³-hybridized carbons (Fsp3) is 0.636. The smallest absolute Gasteiger partial charge is 0.225 e. The number of halogens is 1. The van der Waals surface area contributed by atoms with E-state index in [4.69, 9.17) is 11.6 Å². The van der Waals surface area contributed by atoms with Crippen LogP contribution < -0.4 is 4.90 Å². The lowest BCUT2D eigenvalue weighted by atomic mass is 10.1. The van der Waals surface area contributed by atoms with Crippen LogP contribution in [0.5, 0.6) is 0 Å². The molecule has 1 aromatic rings. The average molecular weight is 228 g/mol. The van der Waals surface area contributed by atoms with Gasteiger partial charge in [-0.15, -0.1) is 11.6 Å².